The molecule has 5 nitrogen and oxygen atoms in total. The van der Waals surface area contributed by atoms with Crippen LogP contribution in [-0.4, -0.2) is 23.4 Å². The molecule has 1 amide bonds. The van der Waals surface area contributed by atoms with Crippen molar-refractivity contribution in [1.82, 2.24) is 0 Å². The number of aryl methyl sites for hydroxylation is 2. The molecule has 4 rings (SSSR count). The van der Waals surface area contributed by atoms with Gasteiger partial charge in [-0.05, 0) is 79.3 Å². The van der Waals surface area contributed by atoms with Crippen molar-refractivity contribution in [2.75, 3.05) is 11.5 Å². The van der Waals surface area contributed by atoms with Gasteiger partial charge in [-0.2, -0.15) is 0 Å². The molecule has 1 aliphatic rings. The summed E-state index contributed by atoms with van der Waals surface area (Å²) in [7, 11) is 0. The van der Waals surface area contributed by atoms with Gasteiger partial charge < -0.3 is 9.84 Å². The van der Waals surface area contributed by atoms with E-state index in [0.29, 0.717) is 35.1 Å². The van der Waals surface area contributed by atoms with E-state index in [-0.39, 0.29) is 11.3 Å². The summed E-state index contributed by atoms with van der Waals surface area (Å²) < 4.78 is 5.57. The van der Waals surface area contributed by atoms with Crippen LogP contribution < -0.4 is 9.64 Å². The molecule has 0 aliphatic carbocycles. The normalized spacial score (nSPS) is 17.3. The quantitative estimate of drug-likeness (QED) is 0.256. The number of ketones is 1. The van der Waals surface area contributed by atoms with Crippen molar-refractivity contribution in [3.63, 3.8) is 0 Å². The largest absolute Gasteiger partial charge is 0.507 e. The van der Waals surface area contributed by atoms with Crippen molar-refractivity contribution in [3.8, 4) is 5.75 Å². The molecule has 0 bridgehead atoms. The van der Waals surface area contributed by atoms with Crippen LogP contribution in [0.4, 0.5) is 5.69 Å². The number of rotatable bonds is 6. The summed E-state index contributed by atoms with van der Waals surface area (Å²) in [5.41, 5.74) is 5.12. The predicted octanol–water partition coefficient (Wildman–Crippen LogP) is 6.45. The second kappa shape index (κ2) is 9.79. The molecule has 35 heavy (non-hydrogen) atoms. The number of carbonyl (C=O) groups is 2. The Bertz CT molecular complexity index is 1290. The third-order valence-corrected chi connectivity index (χ3v) is 6.57. The molecule has 0 saturated carbocycles. The Labute approximate surface area is 206 Å². The van der Waals surface area contributed by atoms with E-state index in [2.05, 4.69) is 13.8 Å². The van der Waals surface area contributed by atoms with Crippen LogP contribution in [0.3, 0.4) is 0 Å². The van der Waals surface area contributed by atoms with E-state index in [1.807, 2.05) is 81.4 Å². The number of aliphatic hydroxyl groups is 1. The molecule has 1 fully saturated rings. The van der Waals surface area contributed by atoms with Crippen LogP contribution in [0.15, 0.2) is 72.3 Å². The number of amides is 1. The molecule has 1 heterocycles. The molecule has 1 aliphatic heterocycles. The van der Waals surface area contributed by atoms with Crippen molar-refractivity contribution < 1.29 is 19.4 Å². The van der Waals surface area contributed by atoms with Gasteiger partial charge in [-0.25, -0.2) is 0 Å². The first-order chi connectivity index (χ1) is 16.7. The lowest BCUT2D eigenvalue weighted by atomic mass is 9.94. The van der Waals surface area contributed by atoms with E-state index >= 15 is 0 Å². The van der Waals surface area contributed by atoms with Gasteiger partial charge in [-0.1, -0.05) is 50.2 Å². The summed E-state index contributed by atoms with van der Waals surface area (Å²) >= 11 is 0. The molecule has 0 aromatic heterocycles. The minimum Gasteiger partial charge on any atom is -0.507 e. The number of hydrogen-bond acceptors (Lipinski definition) is 4. The summed E-state index contributed by atoms with van der Waals surface area (Å²) in [4.78, 5) is 28.2. The highest BCUT2D eigenvalue weighted by Crippen LogP contribution is 2.42. The van der Waals surface area contributed by atoms with Crippen LogP contribution >= 0.6 is 0 Å². The topological polar surface area (TPSA) is 66.8 Å². The van der Waals surface area contributed by atoms with Crippen molar-refractivity contribution in [3.05, 3.63) is 100 Å². The molecule has 1 saturated heterocycles. The zero-order valence-corrected chi connectivity index (χ0v) is 20.8. The van der Waals surface area contributed by atoms with Gasteiger partial charge in [0, 0.05) is 11.3 Å². The van der Waals surface area contributed by atoms with Gasteiger partial charge in [0.15, 0.2) is 0 Å². The van der Waals surface area contributed by atoms with E-state index < -0.39 is 17.7 Å². The predicted molar refractivity (Wildman–Crippen MR) is 139 cm³/mol. The number of nitrogens with zero attached hydrogens (tertiary/aromatic N) is 1. The van der Waals surface area contributed by atoms with Gasteiger partial charge in [-0.15, -0.1) is 0 Å². The van der Waals surface area contributed by atoms with Gasteiger partial charge in [0.25, 0.3) is 11.7 Å². The highest BCUT2D eigenvalue weighted by Gasteiger charge is 2.47. The summed E-state index contributed by atoms with van der Waals surface area (Å²) in [6, 6.07) is 19.7. The Hall–Kier alpha value is -3.86. The van der Waals surface area contributed by atoms with E-state index in [0.717, 1.165) is 16.7 Å². The van der Waals surface area contributed by atoms with Gasteiger partial charge >= 0.3 is 0 Å². The second-order valence-electron chi connectivity index (χ2n) is 9.22. The molecule has 5 heteroatoms. The number of hydrogen-bond donors (Lipinski definition) is 1. The highest BCUT2D eigenvalue weighted by atomic mass is 16.5. The molecular formula is C30H31NO4. The number of carbonyl (C=O) groups excluding carboxylic acids is 2. The number of Topliss-reactive ketones (excluding diaryl/α,β-unsaturated/α-hetero) is 1. The van der Waals surface area contributed by atoms with Crippen molar-refractivity contribution in [2.45, 2.75) is 46.6 Å². The summed E-state index contributed by atoms with van der Waals surface area (Å²) in [6.45, 7) is 10.6. The number of anilines is 1. The standard InChI is InChI=1S/C30H31NO4/c1-6-35-25-15-11-22(12-16-25)27-26(28(32)23-8-7-19(4)20(5)17-23)29(33)30(34)31(27)24-13-9-21(10-14-24)18(2)3/h7-18,27,32H,6H2,1-5H3/b28-26-. The molecule has 1 unspecified atom stereocenters. The first-order valence-corrected chi connectivity index (χ1v) is 11.9. The van der Waals surface area contributed by atoms with E-state index in [1.165, 1.54) is 4.90 Å². The Morgan fingerprint density at radius 3 is 2.17 bits per heavy atom. The molecule has 180 valence electrons. The monoisotopic (exact) mass is 469 g/mol. The molecular weight excluding hydrogens is 438 g/mol. The summed E-state index contributed by atoms with van der Waals surface area (Å²) in [6.07, 6.45) is 0. The lowest BCUT2D eigenvalue weighted by Crippen LogP contribution is -2.29. The van der Waals surface area contributed by atoms with Crippen LogP contribution in [-0.2, 0) is 9.59 Å². The van der Waals surface area contributed by atoms with Crippen LogP contribution in [0, 0.1) is 13.8 Å². The lowest BCUT2D eigenvalue weighted by molar-refractivity contribution is -0.132. The third kappa shape index (κ3) is 4.59. The maximum Gasteiger partial charge on any atom is 0.300 e. The molecule has 1 N–H and O–H groups in total. The molecule has 1 atom stereocenters. The summed E-state index contributed by atoms with van der Waals surface area (Å²) in [5, 5.41) is 11.3. The van der Waals surface area contributed by atoms with Gasteiger partial charge in [0.05, 0.1) is 18.2 Å². The fraction of sp³-hybridized carbons (Fsp3) is 0.267. The zero-order chi connectivity index (χ0) is 25.3. The average Bonchev–Trinajstić information content (AvgIpc) is 3.11. The number of aliphatic hydroxyl groups excluding tert-OH is 1. The minimum absolute atomic E-state index is 0.0790. The molecule has 3 aromatic rings. The first-order valence-electron chi connectivity index (χ1n) is 11.9. The lowest BCUT2D eigenvalue weighted by Gasteiger charge is -2.26. The van der Waals surface area contributed by atoms with Crippen molar-refractivity contribution in [1.29, 1.82) is 0 Å². The highest BCUT2D eigenvalue weighted by molar-refractivity contribution is 6.51. The third-order valence-electron chi connectivity index (χ3n) is 6.57. The fourth-order valence-electron chi connectivity index (χ4n) is 4.39. The van der Waals surface area contributed by atoms with Crippen molar-refractivity contribution in [2.24, 2.45) is 0 Å². The number of ether oxygens (including phenoxy) is 1. The van der Waals surface area contributed by atoms with E-state index in [1.54, 1.807) is 6.07 Å². The van der Waals surface area contributed by atoms with Crippen LogP contribution in [0.1, 0.15) is 60.5 Å². The minimum atomic E-state index is -0.766. The van der Waals surface area contributed by atoms with E-state index in [4.69, 9.17) is 4.74 Å². The van der Waals surface area contributed by atoms with Crippen LogP contribution in [0.25, 0.3) is 5.76 Å². The second-order valence-corrected chi connectivity index (χ2v) is 9.22. The van der Waals surface area contributed by atoms with Crippen molar-refractivity contribution >= 4 is 23.1 Å². The Morgan fingerprint density at radius 2 is 1.60 bits per heavy atom. The molecule has 0 spiro atoms. The van der Waals surface area contributed by atoms with E-state index in [9.17, 15) is 14.7 Å². The Morgan fingerprint density at radius 1 is 0.943 bits per heavy atom. The average molecular weight is 470 g/mol. The summed E-state index contributed by atoms with van der Waals surface area (Å²) in [5.74, 6) is -0.499. The van der Waals surface area contributed by atoms with Crippen LogP contribution in [0.2, 0.25) is 0 Å². The van der Waals surface area contributed by atoms with Gasteiger partial charge in [0.2, 0.25) is 0 Å². The first kappa shape index (κ1) is 24.3. The van der Waals surface area contributed by atoms with Gasteiger partial charge in [-0.3, -0.25) is 14.5 Å². The molecule has 0 radical (unpaired) electrons. The van der Waals surface area contributed by atoms with Crippen LogP contribution in [0.5, 0.6) is 5.75 Å². The zero-order valence-electron chi connectivity index (χ0n) is 20.8. The Balaban J connectivity index is 1.89. The Kier molecular flexibility index (Phi) is 6.79. The SMILES string of the molecule is CCOc1ccc(C2/C(=C(/O)c3ccc(C)c(C)c3)C(=O)C(=O)N2c2ccc(C(C)C)cc2)cc1. The molecule has 3 aromatic carbocycles. The number of benzene rings is 3. The fourth-order valence-corrected chi connectivity index (χ4v) is 4.39. The maximum absolute atomic E-state index is 13.4. The maximum atomic E-state index is 13.4. The van der Waals surface area contributed by atoms with Gasteiger partial charge in [0.1, 0.15) is 11.5 Å². The smallest absolute Gasteiger partial charge is 0.300 e.